The summed E-state index contributed by atoms with van der Waals surface area (Å²) >= 11 is 11.7. The van der Waals surface area contributed by atoms with E-state index >= 15 is 0 Å². The molecule has 84 valence electrons. The zero-order chi connectivity index (χ0) is 11.7. The lowest BCUT2D eigenvalue weighted by Crippen LogP contribution is -1.97. The summed E-state index contributed by atoms with van der Waals surface area (Å²) in [7, 11) is 0. The second-order valence-corrected chi connectivity index (χ2v) is 4.00. The summed E-state index contributed by atoms with van der Waals surface area (Å²) in [5.41, 5.74) is 0.976. The minimum atomic E-state index is -0.897. The lowest BCUT2D eigenvalue weighted by Gasteiger charge is -1.93. The predicted molar refractivity (Wildman–Crippen MR) is 60.0 cm³/mol. The number of hydrogen-bond donors (Lipinski definition) is 1. The zero-order valence-corrected chi connectivity index (χ0v) is 9.55. The number of nitrogens with zero attached hydrogens (tertiary/aromatic N) is 1. The van der Waals surface area contributed by atoms with Gasteiger partial charge in [0.05, 0.1) is 11.4 Å². The van der Waals surface area contributed by atoms with Gasteiger partial charge in [0.25, 0.3) is 0 Å². The Balaban J connectivity index is 2.36. The van der Waals surface area contributed by atoms with Crippen LogP contribution in [0.2, 0.25) is 10.0 Å². The van der Waals surface area contributed by atoms with Crippen molar-refractivity contribution in [3.8, 4) is 0 Å². The number of halogens is 2. The van der Waals surface area contributed by atoms with Gasteiger partial charge in [0.2, 0.25) is 0 Å². The van der Waals surface area contributed by atoms with Gasteiger partial charge < -0.3 is 9.52 Å². The van der Waals surface area contributed by atoms with Crippen molar-refractivity contribution in [1.82, 2.24) is 4.98 Å². The Hall–Kier alpha value is -1.26. The average Bonchev–Trinajstić information content (AvgIpc) is 2.64. The Bertz CT molecular complexity index is 550. The van der Waals surface area contributed by atoms with Crippen LogP contribution in [0.3, 0.4) is 0 Å². The zero-order valence-electron chi connectivity index (χ0n) is 8.04. The molecule has 0 saturated carbocycles. The van der Waals surface area contributed by atoms with Crippen molar-refractivity contribution in [2.45, 2.75) is 12.8 Å². The first-order valence-electron chi connectivity index (χ1n) is 4.53. The molecule has 0 radical (unpaired) electrons. The first-order chi connectivity index (χ1) is 7.58. The maximum atomic E-state index is 10.4. The number of aromatic nitrogens is 1. The molecule has 0 aliphatic carbocycles. The van der Waals surface area contributed by atoms with Crippen LogP contribution in [-0.2, 0) is 11.2 Å². The van der Waals surface area contributed by atoms with E-state index in [0.717, 1.165) is 0 Å². The van der Waals surface area contributed by atoms with E-state index in [9.17, 15) is 4.79 Å². The van der Waals surface area contributed by atoms with E-state index in [-0.39, 0.29) is 12.8 Å². The Kier molecular flexibility index (Phi) is 3.03. The third-order valence-corrected chi connectivity index (χ3v) is 2.83. The number of aryl methyl sites for hydroxylation is 1. The van der Waals surface area contributed by atoms with Crippen molar-refractivity contribution < 1.29 is 14.3 Å². The molecule has 1 N–H and O–H groups in total. The predicted octanol–water partition coefficient (Wildman–Crippen LogP) is 3.15. The minimum Gasteiger partial charge on any atom is -0.481 e. The van der Waals surface area contributed by atoms with Crippen LogP contribution in [0.5, 0.6) is 0 Å². The summed E-state index contributed by atoms with van der Waals surface area (Å²) in [4.78, 5) is 14.5. The Morgan fingerprint density at radius 3 is 2.88 bits per heavy atom. The van der Waals surface area contributed by atoms with Gasteiger partial charge in [-0.3, -0.25) is 4.79 Å². The van der Waals surface area contributed by atoms with Crippen molar-refractivity contribution in [2.24, 2.45) is 0 Å². The highest BCUT2D eigenvalue weighted by atomic mass is 35.5. The smallest absolute Gasteiger partial charge is 0.303 e. The van der Waals surface area contributed by atoms with Crippen molar-refractivity contribution in [2.75, 3.05) is 0 Å². The summed E-state index contributed by atoms with van der Waals surface area (Å²) in [6.45, 7) is 0. The number of oxazole rings is 1. The van der Waals surface area contributed by atoms with Crippen LogP contribution in [0.15, 0.2) is 16.5 Å². The number of fused-ring (bicyclic) bond motifs is 1. The monoisotopic (exact) mass is 259 g/mol. The van der Waals surface area contributed by atoms with Crippen molar-refractivity contribution in [3.63, 3.8) is 0 Å². The summed E-state index contributed by atoms with van der Waals surface area (Å²) in [6, 6.07) is 3.30. The molecule has 0 saturated heterocycles. The highest BCUT2D eigenvalue weighted by molar-refractivity contribution is 6.44. The molecule has 1 aromatic carbocycles. The maximum absolute atomic E-state index is 10.4. The second kappa shape index (κ2) is 4.31. The number of hydrogen-bond acceptors (Lipinski definition) is 3. The highest BCUT2D eigenvalue weighted by Gasteiger charge is 2.12. The first kappa shape index (κ1) is 11.2. The molecule has 0 unspecified atom stereocenters. The van der Waals surface area contributed by atoms with Gasteiger partial charge in [-0.15, -0.1) is 0 Å². The van der Waals surface area contributed by atoms with E-state index in [1.165, 1.54) is 0 Å². The fourth-order valence-electron chi connectivity index (χ4n) is 1.30. The number of benzene rings is 1. The van der Waals surface area contributed by atoms with Gasteiger partial charge in [-0.1, -0.05) is 23.2 Å². The second-order valence-electron chi connectivity index (χ2n) is 3.21. The van der Waals surface area contributed by atoms with Gasteiger partial charge in [-0.2, -0.15) is 0 Å². The number of carbonyl (C=O) groups is 1. The van der Waals surface area contributed by atoms with E-state index < -0.39 is 5.97 Å². The molecule has 2 aromatic rings. The molecule has 2 rings (SSSR count). The largest absolute Gasteiger partial charge is 0.481 e. The van der Waals surface area contributed by atoms with Gasteiger partial charge in [-0.05, 0) is 12.1 Å². The van der Waals surface area contributed by atoms with Crippen molar-refractivity contribution in [3.05, 3.63) is 28.1 Å². The molecule has 16 heavy (non-hydrogen) atoms. The van der Waals surface area contributed by atoms with Crippen LogP contribution in [0.25, 0.3) is 11.1 Å². The standard InChI is InChI=1S/C10H7Cl2NO3/c11-5-1-2-6-10(9(5)12)16-7(13-6)3-4-8(14)15/h1-2H,3-4H2,(H,14,15). The lowest BCUT2D eigenvalue weighted by molar-refractivity contribution is -0.137. The molecule has 0 atom stereocenters. The third-order valence-electron chi connectivity index (χ3n) is 2.05. The van der Waals surface area contributed by atoms with Gasteiger partial charge in [-0.25, -0.2) is 4.98 Å². The maximum Gasteiger partial charge on any atom is 0.303 e. The molecule has 1 aromatic heterocycles. The van der Waals surface area contributed by atoms with E-state index in [0.29, 0.717) is 27.0 Å². The summed E-state index contributed by atoms with van der Waals surface area (Å²) in [5.74, 6) is -0.548. The molecule has 1 heterocycles. The normalized spacial score (nSPS) is 10.9. The first-order valence-corrected chi connectivity index (χ1v) is 5.28. The molecular weight excluding hydrogens is 253 g/mol. The highest BCUT2D eigenvalue weighted by Crippen LogP contribution is 2.31. The lowest BCUT2D eigenvalue weighted by atomic mass is 10.3. The van der Waals surface area contributed by atoms with E-state index in [2.05, 4.69) is 4.98 Å². The molecule has 4 nitrogen and oxygen atoms in total. The van der Waals surface area contributed by atoms with Crippen LogP contribution in [0.4, 0.5) is 0 Å². The number of rotatable bonds is 3. The van der Waals surface area contributed by atoms with Gasteiger partial charge >= 0.3 is 5.97 Å². The Morgan fingerprint density at radius 1 is 1.44 bits per heavy atom. The third kappa shape index (κ3) is 2.13. The SMILES string of the molecule is O=C(O)CCc1nc2ccc(Cl)c(Cl)c2o1. The molecule has 0 amide bonds. The summed E-state index contributed by atoms with van der Waals surface area (Å²) < 4.78 is 5.34. The quantitative estimate of drug-likeness (QED) is 0.920. The van der Waals surface area contributed by atoms with Crippen molar-refractivity contribution >= 4 is 40.3 Å². The van der Waals surface area contributed by atoms with Crippen LogP contribution in [0, 0.1) is 0 Å². The number of carboxylic acid groups (broad SMARTS) is 1. The minimum absolute atomic E-state index is 0.0296. The fraction of sp³-hybridized carbons (Fsp3) is 0.200. The van der Waals surface area contributed by atoms with E-state index in [4.69, 9.17) is 32.7 Å². The molecule has 0 fully saturated rings. The number of aliphatic carboxylic acids is 1. The van der Waals surface area contributed by atoms with Gasteiger partial charge in [0.15, 0.2) is 11.5 Å². The van der Waals surface area contributed by atoms with Gasteiger partial charge in [0, 0.05) is 6.42 Å². The Labute approximate surface area is 101 Å². The van der Waals surface area contributed by atoms with Crippen LogP contribution in [-0.4, -0.2) is 16.1 Å². The molecule has 0 spiro atoms. The summed E-state index contributed by atoms with van der Waals surface area (Å²) in [6.07, 6.45) is 0.204. The number of carboxylic acids is 1. The molecule has 0 bridgehead atoms. The Morgan fingerprint density at radius 2 is 2.19 bits per heavy atom. The fourth-order valence-corrected chi connectivity index (χ4v) is 1.65. The van der Waals surface area contributed by atoms with Crippen LogP contribution < -0.4 is 0 Å². The van der Waals surface area contributed by atoms with Gasteiger partial charge in [0.1, 0.15) is 10.5 Å². The van der Waals surface area contributed by atoms with Crippen LogP contribution >= 0.6 is 23.2 Å². The summed E-state index contributed by atoms with van der Waals surface area (Å²) in [5, 5.41) is 9.22. The average molecular weight is 260 g/mol. The molecular formula is C10H7Cl2NO3. The van der Waals surface area contributed by atoms with Crippen molar-refractivity contribution in [1.29, 1.82) is 0 Å². The molecule has 6 heteroatoms. The van der Waals surface area contributed by atoms with Crippen LogP contribution in [0.1, 0.15) is 12.3 Å². The molecule has 0 aliphatic rings. The molecule has 0 aliphatic heterocycles. The van der Waals surface area contributed by atoms with E-state index in [1.54, 1.807) is 12.1 Å². The topological polar surface area (TPSA) is 63.3 Å². The van der Waals surface area contributed by atoms with E-state index in [1.807, 2.05) is 0 Å².